The molecule has 0 heterocycles. The SMILES string of the molecule is Cc1c(OCC2CCC2)ccc(OCCC2CCCC2)c1OC(F)(F)F. The van der Waals surface area contributed by atoms with E-state index in [9.17, 15) is 13.2 Å². The number of hydrogen-bond donors (Lipinski definition) is 0. The lowest BCUT2D eigenvalue weighted by atomic mass is 9.86. The van der Waals surface area contributed by atoms with Crippen molar-refractivity contribution in [2.75, 3.05) is 13.2 Å². The van der Waals surface area contributed by atoms with Gasteiger partial charge in [-0.3, -0.25) is 0 Å². The highest BCUT2D eigenvalue weighted by Gasteiger charge is 2.34. The van der Waals surface area contributed by atoms with Crippen LogP contribution in [0.4, 0.5) is 13.2 Å². The fraction of sp³-hybridized carbons (Fsp3) is 0.700. The van der Waals surface area contributed by atoms with Crippen molar-refractivity contribution in [3.63, 3.8) is 0 Å². The van der Waals surface area contributed by atoms with Gasteiger partial charge in [0.05, 0.1) is 13.2 Å². The van der Waals surface area contributed by atoms with Crippen molar-refractivity contribution < 1.29 is 27.4 Å². The van der Waals surface area contributed by atoms with Crippen molar-refractivity contribution in [3.8, 4) is 17.2 Å². The van der Waals surface area contributed by atoms with Gasteiger partial charge in [0.15, 0.2) is 11.5 Å². The second-order valence-corrected chi connectivity index (χ2v) is 7.46. The van der Waals surface area contributed by atoms with E-state index in [2.05, 4.69) is 4.74 Å². The Kier molecular flexibility index (Phi) is 6.20. The molecule has 3 nitrogen and oxygen atoms in total. The number of benzene rings is 1. The van der Waals surface area contributed by atoms with E-state index >= 15 is 0 Å². The maximum Gasteiger partial charge on any atom is 0.573 e. The summed E-state index contributed by atoms with van der Waals surface area (Å²) in [5.41, 5.74) is 0.333. The molecule has 26 heavy (non-hydrogen) atoms. The largest absolute Gasteiger partial charge is 0.573 e. The first-order chi connectivity index (χ1) is 12.4. The summed E-state index contributed by atoms with van der Waals surface area (Å²) in [5.74, 6) is 1.40. The van der Waals surface area contributed by atoms with Gasteiger partial charge in [-0.15, -0.1) is 13.2 Å². The van der Waals surface area contributed by atoms with Gasteiger partial charge in [-0.05, 0) is 50.2 Å². The lowest BCUT2D eigenvalue weighted by Crippen LogP contribution is -2.21. The Morgan fingerprint density at radius 2 is 1.58 bits per heavy atom. The molecule has 146 valence electrons. The van der Waals surface area contributed by atoms with Gasteiger partial charge in [-0.25, -0.2) is 0 Å². The maximum atomic E-state index is 12.9. The second-order valence-electron chi connectivity index (χ2n) is 7.46. The van der Waals surface area contributed by atoms with Crippen LogP contribution in [0.25, 0.3) is 0 Å². The van der Waals surface area contributed by atoms with Gasteiger partial charge in [0.25, 0.3) is 0 Å². The minimum atomic E-state index is -4.76. The van der Waals surface area contributed by atoms with Gasteiger partial charge < -0.3 is 14.2 Å². The monoisotopic (exact) mass is 372 g/mol. The van der Waals surface area contributed by atoms with Crippen LogP contribution >= 0.6 is 0 Å². The van der Waals surface area contributed by atoms with E-state index in [1.165, 1.54) is 38.2 Å². The summed E-state index contributed by atoms with van der Waals surface area (Å²) in [6, 6.07) is 3.21. The zero-order valence-electron chi connectivity index (χ0n) is 15.2. The first-order valence-corrected chi connectivity index (χ1v) is 9.57. The number of ether oxygens (including phenoxy) is 3. The van der Waals surface area contributed by atoms with Crippen molar-refractivity contribution in [1.29, 1.82) is 0 Å². The van der Waals surface area contributed by atoms with E-state index in [1.54, 1.807) is 13.0 Å². The van der Waals surface area contributed by atoms with Gasteiger partial charge in [0.2, 0.25) is 0 Å². The zero-order valence-corrected chi connectivity index (χ0v) is 15.2. The number of halogens is 3. The smallest absolute Gasteiger partial charge is 0.493 e. The number of hydrogen-bond acceptors (Lipinski definition) is 3. The predicted octanol–water partition coefficient (Wildman–Crippen LogP) is 6.03. The van der Waals surface area contributed by atoms with Crippen LogP contribution in [0.5, 0.6) is 17.2 Å². The Bertz CT molecular complexity index is 591. The first kappa shape index (κ1) is 19.2. The van der Waals surface area contributed by atoms with Crippen molar-refractivity contribution >= 4 is 0 Å². The standard InChI is InChI=1S/C20H27F3O3/c1-14-17(25-13-16-7-4-8-16)9-10-18(19(14)26-20(21,22)23)24-12-11-15-5-2-3-6-15/h9-10,15-16H,2-8,11-13H2,1H3. The van der Waals surface area contributed by atoms with Crippen LogP contribution < -0.4 is 14.2 Å². The third-order valence-corrected chi connectivity index (χ3v) is 5.50. The normalized spacial score (nSPS) is 18.6. The number of alkyl halides is 3. The molecule has 0 amide bonds. The molecule has 2 fully saturated rings. The van der Waals surface area contributed by atoms with E-state index in [0.717, 1.165) is 19.3 Å². The van der Waals surface area contributed by atoms with Gasteiger partial charge in [0, 0.05) is 5.56 Å². The van der Waals surface area contributed by atoms with E-state index < -0.39 is 6.36 Å². The molecule has 0 aromatic heterocycles. The van der Waals surface area contributed by atoms with Crippen LogP contribution in [0.15, 0.2) is 12.1 Å². The fourth-order valence-corrected chi connectivity index (χ4v) is 3.66. The van der Waals surface area contributed by atoms with Crippen molar-refractivity contribution in [2.24, 2.45) is 11.8 Å². The summed E-state index contributed by atoms with van der Waals surface area (Å²) in [7, 11) is 0. The van der Waals surface area contributed by atoms with Crippen LogP contribution in [0.3, 0.4) is 0 Å². The quantitative estimate of drug-likeness (QED) is 0.557. The third kappa shape index (κ3) is 5.21. The van der Waals surface area contributed by atoms with Gasteiger partial charge in [-0.2, -0.15) is 0 Å². The maximum absolute atomic E-state index is 12.9. The molecule has 1 aromatic carbocycles. The molecule has 6 heteroatoms. The first-order valence-electron chi connectivity index (χ1n) is 9.57. The molecule has 2 aliphatic rings. The van der Waals surface area contributed by atoms with E-state index in [-0.39, 0.29) is 11.5 Å². The van der Waals surface area contributed by atoms with Crippen LogP contribution in [0.2, 0.25) is 0 Å². The summed E-state index contributed by atoms with van der Waals surface area (Å²) in [4.78, 5) is 0. The summed E-state index contributed by atoms with van der Waals surface area (Å²) in [6.07, 6.45) is 4.37. The second kappa shape index (κ2) is 8.40. The Hall–Kier alpha value is -1.59. The summed E-state index contributed by atoms with van der Waals surface area (Å²) in [5, 5.41) is 0. The minimum absolute atomic E-state index is 0.133. The summed E-state index contributed by atoms with van der Waals surface area (Å²) >= 11 is 0. The summed E-state index contributed by atoms with van der Waals surface area (Å²) < 4.78 is 54.2. The molecule has 0 unspecified atom stereocenters. The molecular formula is C20H27F3O3. The van der Waals surface area contributed by atoms with Crippen LogP contribution in [0, 0.1) is 18.8 Å². The molecule has 0 N–H and O–H groups in total. The van der Waals surface area contributed by atoms with Crippen molar-refractivity contribution in [1.82, 2.24) is 0 Å². The molecule has 0 aliphatic heterocycles. The lowest BCUT2D eigenvalue weighted by molar-refractivity contribution is -0.275. The van der Waals surface area contributed by atoms with E-state index in [4.69, 9.17) is 9.47 Å². The predicted molar refractivity (Wildman–Crippen MR) is 92.8 cm³/mol. The Balaban J connectivity index is 1.67. The highest BCUT2D eigenvalue weighted by atomic mass is 19.4. The Labute approximate surface area is 152 Å². The van der Waals surface area contributed by atoms with Crippen molar-refractivity contribution in [2.45, 2.75) is 64.7 Å². The van der Waals surface area contributed by atoms with E-state index in [1.807, 2.05) is 0 Å². The van der Waals surface area contributed by atoms with E-state index in [0.29, 0.717) is 36.4 Å². The molecule has 0 bridgehead atoms. The highest BCUT2D eigenvalue weighted by Crippen LogP contribution is 2.41. The molecule has 0 saturated heterocycles. The van der Waals surface area contributed by atoms with Gasteiger partial charge in [-0.1, -0.05) is 32.1 Å². The van der Waals surface area contributed by atoms with Crippen LogP contribution in [-0.2, 0) is 0 Å². The molecule has 2 aliphatic carbocycles. The molecular weight excluding hydrogens is 345 g/mol. The Morgan fingerprint density at radius 1 is 0.923 bits per heavy atom. The topological polar surface area (TPSA) is 27.7 Å². The third-order valence-electron chi connectivity index (χ3n) is 5.50. The van der Waals surface area contributed by atoms with Crippen molar-refractivity contribution in [3.05, 3.63) is 17.7 Å². The Morgan fingerprint density at radius 3 is 2.19 bits per heavy atom. The van der Waals surface area contributed by atoms with Crippen LogP contribution in [-0.4, -0.2) is 19.6 Å². The average molecular weight is 372 g/mol. The lowest BCUT2D eigenvalue weighted by Gasteiger charge is -2.26. The summed E-state index contributed by atoms with van der Waals surface area (Å²) in [6.45, 7) is 2.52. The average Bonchev–Trinajstić information content (AvgIpc) is 3.03. The minimum Gasteiger partial charge on any atom is -0.493 e. The molecule has 2 saturated carbocycles. The fourth-order valence-electron chi connectivity index (χ4n) is 3.66. The van der Waals surface area contributed by atoms with Gasteiger partial charge >= 0.3 is 6.36 Å². The number of rotatable bonds is 8. The molecule has 3 rings (SSSR count). The molecule has 1 aromatic rings. The molecule has 0 spiro atoms. The molecule has 0 atom stereocenters. The molecule has 0 radical (unpaired) electrons. The zero-order chi connectivity index (χ0) is 18.6. The van der Waals surface area contributed by atoms with Crippen LogP contribution in [0.1, 0.15) is 56.9 Å². The highest BCUT2D eigenvalue weighted by molar-refractivity contribution is 5.53. The van der Waals surface area contributed by atoms with Gasteiger partial charge in [0.1, 0.15) is 5.75 Å².